The van der Waals surface area contributed by atoms with E-state index in [1.807, 2.05) is 6.92 Å². The van der Waals surface area contributed by atoms with E-state index in [0.29, 0.717) is 18.4 Å². The lowest BCUT2D eigenvalue weighted by atomic mass is 9.99. The third-order valence-corrected chi connectivity index (χ3v) is 4.11. The molecule has 0 aromatic carbocycles. The van der Waals surface area contributed by atoms with Gasteiger partial charge in [-0.15, -0.1) is 0 Å². The Bertz CT molecular complexity index is 326. The molecule has 0 bridgehead atoms. The van der Waals surface area contributed by atoms with Crippen molar-refractivity contribution in [3.8, 4) is 0 Å². The minimum absolute atomic E-state index is 0.0292. The second kappa shape index (κ2) is 5.72. The van der Waals surface area contributed by atoms with Gasteiger partial charge in [0.1, 0.15) is 6.10 Å². The minimum atomic E-state index is -0.199. The van der Waals surface area contributed by atoms with Gasteiger partial charge < -0.3 is 9.47 Å². The molecule has 2 aliphatic rings. The normalized spacial score (nSPS) is 34.8. The molecule has 0 saturated heterocycles. The number of esters is 2. The molecule has 2 fully saturated rings. The number of carbonyl (C=O) groups excluding carboxylic acids is 2. The largest absolute Gasteiger partial charge is 0.466 e. The standard InChI is InChI=1S/C14H22O4/c1-3-17-14(16)13-11-6-4-5-10(18-9(2)15)7-8-12(11)13/h10-13H,3-8H2,1-2H3. The molecule has 0 aromatic rings. The van der Waals surface area contributed by atoms with Crippen LogP contribution in [-0.4, -0.2) is 24.6 Å². The van der Waals surface area contributed by atoms with E-state index in [1.165, 1.54) is 6.92 Å². The van der Waals surface area contributed by atoms with E-state index in [0.717, 1.165) is 32.1 Å². The number of rotatable bonds is 3. The number of hydrogen-bond donors (Lipinski definition) is 0. The molecular formula is C14H22O4. The molecule has 0 heterocycles. The molecule has 102 valence electrons. The van der Waals surface area contributed by atoms with Crippen LogP contribution in [0.4, 0.5) is 0 Å². The second-order valence-electron chi connectivity index (χ2n) is 5.35. The smallest absolute Gasteiger partial charge is 0.309 e. The van der Waals surface area contributed by atoms with Gasteiger partial charge in [0.25, 0.3) is 0 Å². The highest BCUT2D eigenvalue weighted by Gasteiger charge is 2.55. The van der Waals surface area contributed by atoms with E-state index >= 15 is 0 Å². The SMILES string of the molecule is CCOC(=O)C1C2CCCC(OC(C)=O)CCC21. The zero-order valence-electron chi connectivity index (χ0n) is 11.2. The Morgan fingerprint density at radius 3 is 2.50 bits per heavy atom. The molecule has 0 aliphatic heterocycles. The average Bonchev–Trinajstić information content (AvgIpc) is 2.94. The molecule has 0 spiro atoms. The Morgan fingerprint density at radius 1 is 1.11 bits per heavy atom. The summed E-state index contributed by atoms with van der Waals surface area (Å²) in [5, 5.41) is 0. The summed E-state index contributed by atoms with van der Waals surface area (Å²) in [6.07, 6.45) is 4.94. The van der Waals surface area contributed by atoms with Crippen LogP contribution >= 0.6 is 0 Å². The summed E-state index contributed by atoms with van der Waals surface area (Å²) in [6.45, 7) is 3.77. The van der Waals surface area contributed by atoms with E-state index < -0.39 is 0 Å². The molecule has 0 amide bonds. The van der Waals surface area contributed by atoms with Gasteiger partial charge in [0.2, 0.25) is 0 Å². The average molecular weight is 254 g/mol. The van der Waals surface area contributed by atoms with Gasteiger partial charge in [-0.3, -0.25) is 9.59 Å². The van der Waals surface area contributed by atoms with Crippen LogP contribution < -0.4 is 0 Å². The van der Waals surface area contributed by atoms with Gasteiger partial charge in [-0.25, -0.2) is 0 Å². The summed E-state index contributed by atoms with van der Waals surface area (Å²) in [7, 11) is 0. The van der Waals surface area contributed by atoms with Gasteiger partial charge in [-0.2, -0.15) is 0 Å². The van der Waals surface area contributed by atoms with E-state index in [4.69, 9.17) is 9.47 Å². The molecule has 4 heteroatoms. The maximum atomic E-state index is 11.7. The van der Waals surface area contributed by atoms with Gasteiger partial charge in [0.15, 0.2) is 0 Å². The number of hydrogen-bond acceptors (Lipinski definition) is 4. The first kappa shape index (κ1) is 13.4. The second-order valence-corrected chi connectivity index (χ2v) is 5.35. The van der Waals surface area contributed by atoms with Gasteiger partial charge in [0, 0.05) is 6.92 Å². The quantitative estimate of drug-likeness (QED) is 0.725. The molecule has 2 rings (SSSR count). The van der Waals surface area contributed by atoms with Crippen molar-refractivity contribution in [2.45, 2.75) is 52.1 Å². The predicted molar refractivity (Wildman–Crippen MR) is 65.7 cm³/mol. The van der Waals surface area contributed by atoms with Crippen LogP contribution in [0.15, 0.2) is 0 Å². The summed E-state index contributed by atoms with van der Waals surface area (Å²) in [5.74, 6) is 0.860. The highest BCUT2D eigenvalue weighted by atomic mass is 16.5. The third kappa shape index (κ3) is 3.03. The van der Waals surface area contributed by atoms with Gasteiger partial charge in [-0.1, -0.05) is 0 Å². The van der Waals surface area contributed by atoms with Crippen LogP contribution in [0, 0.1) is 17.8 Å². The zero-order valence-corrected chi connectivity index (χ0v) is 11.2. The first-order valence-corrected chi connectivity index (χ1v) is 6.97. The molecular weight excluding hydrogens is 232 g/mol. The first-order chi connectivity index (χ1) is 8.63. The van der Waals surface area contributed by atoms with Crippen molar-refractivity contribution >= 4 is 11.9 Å². The maximum absolute atomic E-state index is 11.7. The van der Waals surface area contributed by atoms with Crippen molar-refractivity contribution in [2.75, 3.05) is 6.61 Å². The van der Waals surface area contributed by atoms with Crippen LogP contribution in [0.3, 0.4) is 0 Å². The Balaban J connectivity index is 1.84. The fourth-order valence-corrected chi connectivity index (χ4v) is 3.28. The summed E-state index contributed by atoms with van der Waals surface area (Å²) in [6, 6.07) is 0. The van der Waals surface area contributed by atoms with Crippen LogP contribution in [0.5, 0.6) is 0 Å². The first-order valence-electron chi connectivity index (χ1n) is 6.97. The summed E-state index contributed by atoms with van der Waals surface area (Å²) in [4.78, 5) is 22.7. The Kier molecular flexibility index (Phi) is 4.25. The number of ether oxygens (including phenoxy) is 2. The lowest BCUT2D eigenvalue weighted by Gasteiger charge is -2.18. The van der Waals surface area contributed by atoms with E-state index in [1.54, 1.807) is 0 Å². The number of carbonyl (C=O) groups is 2. The van der Waals surface area contributed by atoms with Crippen molar-refractivity contribution in [3.05, 3.63) is 0 Å². The summed E-state index contributed by atoms with van der Waals surface area (Å²) < 4.78 is 10.4. The molecule has 4 nitrogen and oxygen atoms in total. The molecule has 0 radical (unpaired) electrons. The molecule has 4 unspecified atom stereocenters. The fourth-order valence-electron chi connectivity index (χ4n) is 3.28. The topological polar surface area (TPSA) is 52.6 Å². The third-order valence-electron chi connectivity index (χ3n) is 4.11. The predicted octanol–water partition coefficient (Wildman–Crippen LogP) is 2.31. The summed E-state index contributed by atoms with van der Waals surface area (Å²) >= 11 is 0. The maximum Gasteiger partial charge on any atom is 0.309 e. The number of fused-ring (bicyclic) bond motifs is 1. The van der Waals surface area contributed by atoms with Gasteiger partial charge in [-0.05, 0) is 50.9 Å². The van der Waals surface area contributed by atoms with Crippen LogP contribution in [-0.2, 0) is 19.1 Å². The molecule has 2 saturated carbocycles. The van der Waals surface area contributed by atoms with Crippen molar-refractivity contribution in [2.24, 2.45) is 17.8 Å². The Hall–Kier alpha value is -1.06. The minimum Gasteiger partial charge on any atom is -0.466 e. The van der Waals surface area contributed by atoms with Crippen molar-refractivity contribution < 1.29 is 19.1 Å². The van der Waals surface area contributed by atoms with E-state index in [2.05, 4.69) is 0 Å². The van der Waals surface area contributed by atoms with Gasteiger partial charge in [0.05, 0.1) is 12.5 Å². The summed E-state index contributed by atoms with van der Waals surface area (Å²) in [5.41, 5.74) is 0. The fraction of sp³-hybridized carbons (Fsp3) is 0.857. The zero-order chi connectivity index (χ0) is 13.1. The van der Waals surface area contributed by atoms with Crippen molar-refractivity contribution in [1.29, 1.82) is 0 Å². The van der Waals surface area contributed by atoms with Crippen LogP contribution in [0.2, 0.25) is 0 Å². The van der Waals surface area contributed by atoms with E-state index in [9.17, 15) is 9.59 Å². The van der Waals surface area contributed by atoms with Crippen LogP contribution in [0.25, 0.3) is 0 Å². The van der Waals surface area contributed by atoms with Crippen molar-refractivity contribution in [3.63, 3.8) is 0 Å². The monoisotopic (exact) mass is 254 g/mol. The van der Waals surface area contributed by atoms with Crippen molar-refractivity contribution in [1.82, 2.24) is 0 Å². The molecule has 0 aromatic heterocycles. The molecule has 2 aliphatic carbocycles. The van der Waals surface area contributed by atoms with Crippen LogP contribution in [0.1, 0.15) is 46.0 Å². The molecule has 4 atom stereocenters. The van der Waals surface area contributed by atoms with E-state index in [-0.39, 0.29) is 24.0 Å². The Morgan fingerprint density at radius 2 is 1.83 bits per heavy atom. The molecule has 0 N–H and O–H groups in total. The highest BCUT2D eigenvalue weighted by Crippen LogP contribution is 2.54. The molecule has 18 heavy (non-hydrogen) atoms. The lowest BCUT2D eigenvalue weighted by Crippen LogP contribution is -2.17. The lowest BCUT2D eigenvalue weighted by molar-refractivity contribution is -0.148. The Labute approximate surface area is 108 Å². The van der Waals surface area contributed by atoms with Gasteiger partial charge >= 0.3 is 11.9 Å². The highest BCUT2D eigenvalue weighted by molar-refractivity contribution is 5.76.